The number of aromatic nitrogens is 4. The van der Waals surface area contributed by atoms with Gasteiger partial charge in [0.15, 0.2) is 5.82 Å². The molecule has 2 heterocycles. The maximum Gasteiger partial charge on any atom is 0.257 e. The van der Waals surface area contributed by atoms with Gasteiger partial charge in [-0.3, -0.25) is 9.69 Å². The normalized spacial score (nSPS) is 14.5. The van der Waals surface area contributed by atoms with Crippen LogP contribution in [0.1, 0.15) is 16.2 Å². The second kappa shape index (κ2) is 8.91. The molecule has 0 aliphatic carbocycles. The summed E-state index contributed by atoms with van der Waals surface area (Å²) in [7, 11) is 3.22. The Morgan fingerprint density at radius 1 is 0.967 bits per heavy atom. The van der Waals surface area contributed by atoms with Gasteiger partial charge in [-0.2, -0.15) is 4.68 Å². The summed E-state index contributed by atoms with van der Waals surface area (Å²) in [6.45, 7) is 3.38. The van der Waals surface area contributed by atoms with E-state index in [-0.39, 0.29) is 5.91 Å². The molecule has 1 fully saturated rings. The zero-order valence-corrected chi connectivity index (χ0v) is 17.1. The zero-order valence-electron chi connectivity index (χ0n) is 17.1. The Labute approximate surface area is 174 Å². The fraction of sp³-hybridized carbons (Fsp3) is 0.333. The number of nitrogens with zero attached hydrogens (tertiary/aromatic N) is 6. The van der Waals surface area contributed by atoms with E-state index in [1.807, 2.05) is 47.4 Å². The van der Waals surface area contributed by atoms with Crippen LogP contribution >= 0.6 is 0 Å². The highest BCUT2D eigenvalue weighted by molar-refractivity contribution is 5.97. The highest BCUT2D eigenvalue weighted by Crippen LogP contribution is 2.21. The van der Waals surface area contributed by atoms with Crippen molar-refractivity contribution in [3.8, 4) is 17.2 Å². The molecular formula is C21H24N6O3. The molecule has 1 amide bonds. The predicted molar refractivity (Wildman–Crippen MR) is 110 cm³/mol. The van der Waals surface area contributed by atoms with Crippen molar-refractivity contribution in [1.82, 2.24) is 30.0 Å². The number of carbonyl (C=O) groups excluding carboxylic acids is 1. The van der Waals surface area contributed by atoms with Crippen LogP contribution in [0.4, 0.5) is 0 Å². The molecule has 1 aliphatic rings. The maximum atomic E-state index is 12.9. The van der Waals surface area contributed by atoms with Gasteiger partial charge in [0, 0.05) is 26.2 Å². The van der Waals surface area contributed by atoms with Crippen molar-refractivity contribution < 1.29 is 14.3 Å². The van der Waals surface area contributed by atoms with Crippen LogP contribution in [-0.4, -0.2) is 76.3 Å². The molecule has 2 aromatic carbocycles. The van der Waals surface area contributed by atoms with E-state index >= 15 is 0 Å². The lowest BCUT2D eigenvalue weighted by molar-refractivity contribution is 0.0621. The molecule has 1 aliphatic heterocycles. The molecule has 9 heteroatoms. The number of hydrogen-bond donors (Lipinski definition) is 0. The average molecular weight is 408 g/mol. The molecule has 0 saturated carbocycles. The van der Waals surface area contributed by atoms with Gasteiger partial charge >= 0.3 is 0 Å². The third kappa shape index (κ3) is 4.11. The standard InChI is InChI=1S/C21H24N6O3/c1-29-17-9-7-16(8-10-17)27-20(22-23-24-27)15-25-11-13-26(14-12-25)21(28)18-5-3-4-6-19(18)30-2/h3-10H,11-15H2,1-2H3. The third-order valence-corrected chi connectivity index (χ3v) is 5.21. The fourth-order valence-corrected chi connectivity index (χ4v) is 3.53. The minimum atomic E-state index is -0.00448. The first kappa shape index (κ1) is 19.8. The molecule has 156 valence electrons. The number of carbonyl (C=O) groups is 1. The number of benzene rings is 2. The summed E-state index contributed by atoms with van der Waals surface area (Å²) < 4.78 is 12.3. The molecule has 0 spiro atoms. The van der Waals surface area contributed by atoms with Gasteiger partial charge in [-0.05, 0) is 46.8 Å². The second-order valence-corrected chi connectivity index (χ2v) is 6.97. The Morgan fingerprint density at radius 3 is 2.40 bits per heavy atom. The molecule has 0 unspecified atom stereocenters. The van der Waals surface area contributed by atoms with Gasteiger partial charge < -0.3 is 14.4 Å². The van der Waals surface area contributed by atoms with Crippen molar-refractivity contribution >= 4 is 5.91 Å². The molecule has 3 aromatic rings. The van der Waals surface area contributed by atoms with Gasteiger partial charge in [0.1, 0.15) is 11.5 Å². The van der Waals surface area contributed by atoms with Crippen LogP contribution in [0.3, 0.4) is 0 Å². The topological polar surface area (TPSA) is 85.6 Å². The van der Waals surface area contributed by atoms with Gasteiger partial charge in [-0.15, -0.1) is 5.10 Å². The van der Waals surface area contributed by atoms with Gasteiger partial charge in [0.25, 0.3) is 5.91 Å². The van der Waals surface area contributed by atoms with Crippen LogP contribution in [-0.2, 0) is 6.54 Å². The minimum Gasteiger partial charge on any atom is -0.497 e. The van der Waals surface area contributed by atoms with Crippen molar-refractivity contribution in [3.05, 3.63) is 59.9 Å². The number of rotatable bonds is 6. The summed E-state index contributed by atoms with van der Waals surface area (Å²) in [4.78, 5) is 17.0. The van der Waals surface area contributed by atoms with E-state index in [0.29, 0.717) is 30.9 Å². The lowest BCUT2D eigenvalue weighted by atomic mass is 10.1. The molecule has 0 atom stereocenters. The highest BCUT2D eigenvalue weighted by Gasteiger charge is 2.25. The van der Waals surface area contributed by atoms with Crippen LogP contribution in [0.5, 0.6) is 11.5 Å². The van der Waals surface area contributed by atoms with Crippen LogP contribution in [0.15, 0.2) is 48.5 Å². The first-order valence-electron chi connectivity index (χ1n) is 9.76. The molecular weight excluding hydrogens is 384 g/mol. The summed E-state index contributed by atoms with van der Waals surface area (Å²) in [5.74, 6) is 2.13. The monoisotopic (exact) mass is 408 g/mol. The number of tetrazole rings is 1. The van der Waals surface area contributed by atoms with E-state index in [2.05, 4.69) is 20.4 Å². The van der Waals surface area contributed by atoms with E-state index in [4.69, 9.17) is 9.47 Å². The number of piperazine rings is 1. The lowest BCUT2D eigenvalue weighted by Crippen LogP contribution is -2.48. The van der Waals surface area contributed by atoms with E-state index in [0.717, 1.165) is 30.4 Å². The van der Waals surface area contributed by atoms with Crippen LogP contribution in [0, 0.1) is 0 Å². The summed E-state index contributed by atoms with van der Waals surface area (Å²) in [5, 5.41) is 12.1. The van der Waals surface area contributed by atoms with Gasteiger partial charge in [-0.25, -0.2) is 0 Å². The van der Waals surface area contributed by atoms with Crippen molar-refractivity contribution in [2.45, 2.75) is 6.54 Å². The molecule has 1 saturated heterocycles. The summed E-state index contributed by atoms with van der Waals surface area (Å²) >= 11 is 0. The smallest absolute Gasteiger partial charge is 0.257 e. The van der Waals surface area contributed by atoms with E-state index in [1.54, 1.807) is 25.0 Å². The molecule has 0 radical (unpaired) electrons. The van der Waals surface area contributed by atoms with Gasteiger partial charge in [0.05, 0.1) is 32.0 Å². The second-order valence-electron chi connectivity index (χ2n) is 6.97. The molecule has 30 heavy (non-hydrogen) atoms. The zero-order chi connectivity index (χ0) is 20.9. The van der Waals surface area contributed by atoms with Crippen molar-refractivity contribution in [2.24, 2.45) is 0 Å². The Bertz CT molecular complexity index is 996. The molecule has 1 aromatic heterocycles. The summed E-state index contributed by atoms with van der Waals surface area (Å²) in [5.41, 5.74) is 1.47. The van der Waals surface area contributed by atoms with Gasteiger partial charge in [0.2, 0.25) is 0 Å². The largest absolute Gasteiger partial charge is 0.497 e. The first-order valence-corrected chi connectivity index (χ1v) is 9.76. The first-order chi connectivity index (χ1) is 14.7. The number of ether oxygens (including phenoxy) is 2. The van der Waals surface area contributed by atoms with E-state index in [1.165, 1.54) is 0 Å². The molecule has 4 rings (SSSR count). The Hall–Kier alpha value is -3.46. The Morgan fingerprint density at radius 2 is 1.70 bits per heavy atom. The predicted octanol–water partition coefficient (Wildman–Crippen LogP) is 1.64. The summed E-state index contributed by atoms with van der Waals surface area (Å²) in [6, 6.07) is 14.9. The lowest BCUT2D eigenvalue weighted by Gasteiger charge is -2.34. The molecule has 0 N–H and O–H groups in total. The Kier molecular flexibility index (Phi) is 5.89. The molecule has 9 nitrogen and oxygen atoms in total. The number of hydrogen-bond acceptors (Lipinski definition) is 7. The summed E-state index contributed by atoms with van der Waals surface area (Å²) in [6.07, 6.45) is 0. The highest BCUT2D eigenvalue weighted by atomic mass is 16.5. The van der Waals surface area contributed by atoms with E-state index in [9.17, 15) is 4.79 Å². The number of methoxy groups -OCH3 is 2. The average Bonchev–Trinajstić information content (AvgIpc) is 3.27. The molecule has 0 bridgehead atoms. The Balaban J connectivity index is 1.39. The number of para-hydroxylation sites is 1. The maximum absolute atomic E-state index is 12.9. The SMILES string of the molecule is COc1ccc(-n2nnnc2CN2CCN(C(=O)c3ccccc3OC)CC2)cc1. The quantitative estimate of drug-likeness (QED) is 0.613. The van der Waals surface area contributed by atoms with Crippen molar-refractivity contribution in [2.75, 3.05) is 40.4 Å². The van der Waals surface area contributed by atoms with Crippen LogP contribution in [0.2, 0.25) is 0 Å². The minimum absolute atomic E-state index is 0.00448. The van der Waals surface area contributed by atoms with Crippen molar-refractivity contribution in [3.63, 3.8) is 0 Å². The van der Waals surface area contributed by atoms with Gasteiger partial charge in [-0.1, -0.05) is 12.1 Å². The van der Waals surface area contributed by atoms with Crippen molar-refractivity contribution in [1.29, 1.82) is 0 Å². The van der Waals surface area contributed by atoms with E-state index < -0.39 is 0 Å². The number of amides is 1. The van der Waals surface area contributed by atoms with Crippen LogP contribution < -0.4 is 9.47 Å². The fourth-order valence-electron chi connectivity index (χ4n) is 3.53. The van der Waals surface area contributed by atoms with Crippen LogP contribution in [0.25, 0.3) is 5.69 Å². The third-order valence-electron chi connectivity index (χ3n) is 5.21.